The fourth-order valence-electron chi connectivity index (χ4n) is 2.16. The van der Waals surface area contributed by atoms with Gasteiger partial charge in [-0.1, -0.05) is 13.8 Å². The fourth-order valence-corrected chi connectivity index (χ4v) is 2.16. The predicted molar refractivity (Wildman–Crippen MR) is 83.0 cm³/mol. The summed E-state index contributed by atoms with van der Waals surface area (Å²) in [5, 5.41) is 6.09. The molecule has 0 aliphatic heterocycles. The molecule has 1 unspecified atom stereocenters. The van der Waals surface area contributed by atoms with E-state index in [1.807, 2.05) is 27.2 Å². The van der Waals surface area contributed by atoms with E-state index in [2.05, 4.69) is 34.4 Å². The Morgan fingerprint density at radius 2 is 2.10 bits per heavy atom. The first-order chi connectivity index (χ1) is 9.42. The first-order valence-corrected chi connectivity index (χ1v) is 7.01. The van der Waals surface area contributed by atoms with Gasteiger partial charge in [-0.15, -0.1) is 0 Å². The van der Waals surface area contributed by atoms with E-state index in [0.29, 0.717) is 11.6 Å². The molecule has 1 amide bonds. The first kappa shape index (κ1) is 16.4. The van der Waals surface area contributed by atoms with Crippen LogP contribution in [0, 0.1) is 5.92 Å². The van der Waals surface area contributed by atoms with Crippen LogP contribution in [0.2, 0.25) is 0 Å². The van der Waals surface area contributed by atoms with Crippen molar-refractivity contribution in [1.29, 1.82) is 0 Å². The number of nitrogens with one attached hydrogen (secondary N) is 2. The molecule has 5 heteroatoms. The second kappa shape index (κ2) is 7.85. The molecule has 0 fully saturated rings. The summed E-state index contributed by atoms with van der Waals surface area (Å²) in [4.78, 5) is 18.5. The number of hydrogen-bond acceptors (Lipinski definition) is 4. The largest absolute Gasteiger partial charge is 0.388 e. The van der Waals surface area contributed by atoms with Gasteiger partial charge in [-0.25, -0.2) is 0 Å². The van der Waals surface area contributed by atoms with Crippen LogP contribution >= 0.6 is 0 Å². The van der Waals surface area contributed by atoms with E-state index in [1.54, 1.807) is 12.3 Å². The molecular weight excluding hydrogens is 252 g/mol. The number of nitrogens with zero attached hydrogens (tertiary/aromatic N) is 2. The lowest BCUT2D eigenvalue weighted by atomic mass is 10.0. The third-order valence-electron chi connectivity index (χ3n) is 2.96. The minimum atomic E-state index is -0.116. The van der Waals surface area contributed by atoms with E-state index in [0.717, 1.165) is 18.7 Å². The maximum Gasteiger partial charge on any atom is 0.270 e. The molecule has 1 rings (SSSR count). The molecule has 0 spiro atoms. The Morgan fingerprint density at radius 1 is 1.40 bits per heavy atom. The van der Waals surface area contributed by atoms with E-state index >= 15 is 0 Å². The van der Waals surface area contributed by atoms with Crippen molar-refractivity contribution in [1.82, 2.24) is 15.2 Å². The maximum absolute atomic E-state index is 12.3. The molecule has 20 heavy (non-hydrogen) atoms. The van der Waals surface area contributed by atoms with Crippen molar-refractivity contribution in [3.63, 3.8) is 0 Å². The number of carbonyl (C=O) groups is 1. The number of pyridine rings is 1. The minimum absolute atomic E-state index is 0.116. The van der Waals surface area contributed by atoms with E-state index < -0.39 is 0 Å². The lowest BCUT2D eigenvalue weighted by molar-refractivity contribution is 0.0919. The minimum Gasteiger partial charge on any atom is -0.388 e. The smallest absolute Gasteiger partial charge is 0.270 e. The van der Waals surface area contributed by atoms with Gasteiger partial charge in [0.05, 0.1) is 0 Å². The van der Waals surface area contributed by atoms with Gasteiger partial charge in [0.25, 0.3) is 5.91 Å². The van der Waals surface area contributed by atoms with Gasteiger partial charge in [0, 0.05) is 31.5 Å². The Labute approximate surface area is 121 Å². The SMILES string of the molecule is CNc1ccnc(C(=O)NC(CC(C)C)CN(C)C)c1. The zero-order valence-corrected chi connectivity index (χ0v) is 13.1. The predicted octanol–water partition coefficient (Wildman–Crippen LogP) is 1.83. The zero-order chi connectivity index (χ0) is 15.1. The van der Waals surface area contributed by atoms with Crippen LogP contribution in [0.25, 0.3) is 0 Å². The maximum atomic E-state index is 12.3. The number of amides is 1. The molecule has 0 aliphatic carbocycles. The summed E-state index contributed by atoms with van der Waals surface area (Å²) < 4.78 is 0. The van der Waals surface area contributed by atoms with Gasteiger partial charge in [0.15, 0.2) is 0 Å². The van der Waals surface area contributed by atoms with Crippen LogP contribution in [0.3, 0.4) is 0 Å². The molecule has 0 bridgehead atoms. The molecule has 0 saturated carbocycles. The molecule has 0 aliphatic rings. The molecule has 1 heterocycles. The number of anilines is 1. The molecule has 1 aromatic heterocycles. The van der Waals surface area contributed by atoms with Crippen LogP contribution in [0.15, 0.2) is 18.3 Å². The molecular formula is C15H26N4O. The monoisotopic (exact) mass is 278 g/mol. The van der Waals surface area contributed by atoms with Gasteiger partial charge < -0.3 is 15.5 Å². The number of likely N-dealkylation sites (N-methyl/N-ethyl adjacent to an activating group) is 1. The van der Waals surface area contributed by atoms with Crippen molar-refractivity contribution in [3.05, 3.63) is 24.0 Å². The van der Waals surface area contributed by atoms with Crippen molar-refractivity contribution < 1.29 is 4.79 Å². The van der Waals surface area contributed by atoms with Crippen LogP contribution < -0.4 is 10.6 Å². The van der Waals surface area contributed by atoms with Crippen LogP contribution in [-0.4, -0.2) is 49.5 Å². The van der Waals surface area contributed by atoms with E-state index in [1.165, 1.54) is 0 Å². The molecule has 112 valence electrons. The van der Waals surface area contributed by atoms with Crippen molar-refractivity contribution in [2.24, 2.45) is 5.92 Å². The summed E-state index contributed by atoms with van der Waals surface area (Å²) in [6, 6.07) is 3.73. The lowest BCUT2D eigenvalue weighted by Gasteiger charge is -2.23. The highest BCUT2D eigenvalue weighted by Gasteiger charge is 2.17. The average Bonchev–Trinajstić information content (AvgIpc) is 2.37. The normalized spacial score (nSPS) is 12.6. The van der Waals surface area contributed by atoms with Crippen LogP contribution in [-0.2, 0) is 0 Å². The Hall–Kier alpha value is -1.62. The summed E-state index contributed by atoms with van der Waals surface area (Å²) in [5.74, 6) is 0.423. The number of hydrogen-bond donors (Lipinski definition) is 2. The fraction of sp³-hybridized carbons (Fsp3) is 0.600. The zero-order valence-electron chi connectivity index (χ0n) is 13.1. The molecule has 0 aromatic carbocycles. The highest BCUT2D eigenvalue weighted by Crippen LogP contribution is 2.09. The van der Waals surface area contributed by atoms with E-state index in [-0.39, 0.29) is 11.9 Å². The van der Waals surface area contributed by atoms with Gasteiger partial charge in [-0.05, 0) is 38.6 Å². The third-order valence-corrected chi connectivity index (χ3v) is 2.96. The van der Waals surface area contributed by atoms with E-state index in [4.69, 9.17) is 0 Å². The standard InChI is InChI=1S/C15H26N4O/c1-11(2)8-13(10-19(4)5)18-15(20)14-9-12(16-3)6-7-17-14/h6-7,9,11,13H,8,10H2,1-5H3,(H,16,17)(H,18,20). The number of aromatic nitrogens is 1. The van der Waals surface area contributed by atoms with Crippen LogP contribution in [0.1, 0.15) is 30.8 Å². The molecule has 2 N–H and O–H groups in total. The van der Waals surface area contributed by atoms with E-state index in [9.17, 15) is 4.79 Å². The van der Waals surface area contributed by atoms with Crippen molar-refractivity contribution in [2.45, 2.75) is 26.3 Å². The Balaban J connectivity index is 2.73. The molecule has 5 nitrogen and oxygen atoms in total. The average molecular weight is 278 g/mol. The Morgan fingerprint density at radius 3 is 2.65 bits per heavy atom. The summed E-state index contributed by atoms with van der Waals surface area (Å²) in [5.41, 5.74) is 1.34. The number of rotatable bonds is 7. The van der Waals surface area contributed by atoms with Gasteiger partial charge in [0.1, 0.15) is 5.69 Å². The van der Waals surface area contributed by atoms with Gasteiger partial charge in [-0.3, -0.25) is 9.78 Å². The van der Waals surface area contributed by atoms with Crippen molar-refractivity contribution in [3.8, 4) is 0 Å². The summed E-state index contributed by atoms with van der Waals surface area (Å²) in [6.07, 6.45) is 2.60. The molecule has 1 atom stereocenters. The van der Waals surface area contributed by atoms with Crippen LogP contribution in [0.4, 0.5) is 5.69 Å². The molecule has 0 radical (unpaired) electrons. The van der Waals surface area contributed by atoms with Gasteiger partial charge in [0.2, 0.25) is 0 Å². The quantitative estimate of drug-likeness (QED) is 0.799. The lowest BCUT2D eigenvalue weighted by Crippen LogP contribution is -2.42. The summed E-state index contributed by atoms with van der Waals surface area (Å²) in [6.45, 7) is 5.15. The Bertz CT molecular complexity index is 422. The Kier molecular flexibility index (Phi) is 6.45. The van der Waals surface area contributed by atoms with Crippen LogP contribution in [0.5, 0.6) is 0 Å². The number of carbonyl (C=O) groups excluding carboxylic acids is 1. The first-order valence-electron chi connectivity index (χ1n) is 7.01. The second-order valence-electron chi connectivity index (χ2n) is 5.74. The topological polar surface area (TPSA) is 57.3 Å². The van der Waals surface area contributed by atoms with Crippen molar-refractivity contribution in [2.75, 3.05) is 33.0 Å². The second-order valence-corrected chi connectivity index (χ2v) is 5.74. The summed E-state index contributed by atoms with van der Waals surface area (Å²) in [7, 11) is 5.85. The van der Waals surface area contributed by atoms with Gasteiger partial charge >= 0.3 is 0 Å². The third kappa shape index (κ3) is 5.57. The van der Waals surface area contributed by atoms with Gasteiger partial charge in [-0.2, -0.15) is 0 Å². The molecule has 0 saturated heterocycles. The highest BCUT2D eigenvalue weighted by atomic mass is 16.1. The molecule has 1 aromatic rings. The summed E-state index contributed by atoms with van der Waals surface area (Å²) >= 11 is 0. The highest BCUT2D eigenvalue weighted by molar-refractivity contribution is 5.93. The van der Waals surface area contributed by atoms with Crippen molar-refractivity contribution >= 4 is 11.6 Å².